The van der Waals surface area contributed by atoms with Gasteiger partial charge in [-0.25, -0.2) is 0 Å². The molecule has 1 atom stereocenters. The van der Waals surface area contributed by atoms with Gasteiger partial charge in [0.05, 0.1) is 13.2 Å². The van der Waals surface area contributed by atoms with Crippen LogP contribution in [-0.4, -0.2) is 47.7 Å². The molecule has 1 amide bonds. The fraction of sp³-hybridized carbons (Fsp3) is 0.588. The van der Waals surface area contributed by atoms with E-state index in [1.165, 1.54) is 12.0 Å². The number of amides is 1. The minimum atomic E-state index is 0.121. The molecule has 0 spiro atoms. The van der Waals surface area contributed by atoms with Gasteiger partial charge in [0, 0.05) is 24.3 Å². The van der Waals surface area contributed by atoms with Crippen molar-refractivity contribution in [2.45, 2.75) is 44.7 Å². The van der Waals surface area contributed by atoms with Crippen LogP contribution < -0.4 is 4.90 Å². The first-order chi connectivity index (χ1) is 10.2. The normalized spacial score (nSPS) is 21.5. The van der Waals surface area contributed by atoms with E-state index < -0.39 is 0 Å². The van der Waals surface area contributed by atoms with Gasteiger partial charge in [-0.3, -0.25) is 9.69 Å². The standard InChI is InChI=1S/C17H24N2O2/c1-13-11-14-5-2-3-8-16(14)19(13)17(21)12-18(9-10-20)15-6-4-7-15/h2-3,5,8,13,15,20H,4,6-7,9-12H2,1H3. The highest BCUT2D eigenvalue weighted by molar-refractivity contribution is 5.97. The van der Waals surface area contributed by atoms with Gasteiger partial charge < -0.3 is 10.0 Å². The molecule has 114 valence electrons. The number of aliphatic hydroxyl groups excluding tert-OH is 1. The first-order valence-electron chi connectivity index (χ1n) is 7.95. The first kappa shape index (κ1) is 14.5. The van der Waals surface area contributed by atoms with Crippen LogP contribution in [0.5, 0.6) is 0 Å². The number of hydrogen-bond acceptors (Lipinski definition) is 3. The monoisotopic (exact) mass is 288 g/mol. The maximum absolute atomic E-state index is 12.8. The quantitative estimate of drug-likeness (QED) is 0.898. The lowest BCUT2D eigenvalue weighted by molar-refractivity contribution is -0.121. The fourth-order valence-electron chi connectivity index (χ4n) is 3.47. The number of benzene rings is 1. The van der Waals surface area contributed by atoms with Crippen LogP contribution in [0.2, 0.25) is 0 Å². The van der Waals surface area contributed by atoms with Crippen LogP contribution in [0.15, 0.2) is 24.3 Å². The molecule has 1 aromatic rings. The van der Waals surface area contributed by atoms with E-state index in [0.717, 1.165) is 24.9 Å². The number of carbonyl (C=O) groups is 1. The molecule has 1 fully saturated rings. The molecule has 0 bridgehead atoms. The number of anilines is 1. The van der Waals surface area contributed by atoms with Crippen molar-refractivity contribution in [3.63, 3.8) is 0 Å². The van der Waals surface area contributed by atoms with E-state index >= 15 is 0 Å². The molecule has 0 aromatic heterocycles. The molecule has 1 heterocycles. The first-order valence-corrected chi connectivity index (χ1v) is 7.95. The third-order valence-corrected chi connectivity index (χ3v) is 4.79. The van der Waals surface area contributed by atoms with E-state index in [1.807, 2.05) is 23.1 Å². The summed E-state index contributed by atoms with van der Waals surface area (Å²) in [5, 5.41) is 9.23. The molecular formula is C17H24N2O2. The molecule has 1 aliphatic heterocycles. The predicted octanol–water partition coefficient (Wildman–Crippen LogP) is 1.81. The summed E-state index contributed by atoms with van der Waals surface area (Å²) in [7, 11) is 0. The average Bonchev–Trinajstić information content (AvgIpc) is 2.72. The Morgan fingerprint density at radius 2 is 2.14 bits per heavy atom. The smallest absolute Gasteiger partial charge is 0.241 e. The third kappa shape index (κ3) is 2.83. The van der Waals surface area contributed by atoms with Gasteiger partial charge in [0.2, 0.25) is 5.91 Å². The average molecular weight is 288 g/mol. The molecule has 0 radical (unpaired) electrons. The number of para-hydroxylation sites is 1. The number of hydrogen-bond donors (Lipinski definition) is 1. The van der Waals surface area contributed by atoms with Crippen molar-refractivity contribution in [1.82, 2.24) is 4.90 Å². The summed E-state index contributed by atoms with van der Waals surface area (Å²) >= 11 is 0. The minimum absolute atomic E-state index is 0.121. The van der Waals surface area contributed by atoms with Crippen LogP contribution in [-0.2, 0) is 11.2 Å². The zero-order chi connectivity index (χ0) is 14.8. The molecular weight excluding hydrogens is 264 g/mol. The SMILES string of the molecule is CC1Cc2ccccc2N1C(=O)CN(CCO)C1CCC1. The maximum Gasteiger partial charge on any atom is 0.241 e. The topological polar surface area (TPSA) is 43.8 Å². The molecule has 1 saturated carbocycles. The van der Waals surface area contributed by atoms with E-state index in [9.17, 15) is 9.90 Å². The lowest BCUT2D eigenvalue weighted by Gasteiger charge is -2.38. The highest BCUT2D eigenvalue weighted by Gasteiger charge is 2.33. The Hall–Kier alpha value is -1.39. The van der Waals surface area contributed by atoms with Gasteiger partial charge in [-0.05, 0) is 37.8 Å². The van der Waals surface area contributed by atoms with Crippen molar-refractivity contribution < 1.29 is 9.90 Å². The Kier molecular flexibility index (Phi) is 4.27. The number of carbonyl (C=O) groups excluding carboxylic acids is 1. The number of rotatable bonds is 5. The molecule has 1 aromatic carbocycles. The fourth-order valence-corrected chi connectivity index (χ4v) is 3.47. The van der Waals surface area contributed by atoms with Crippen molar-refractivity contribution in [3.8, 4) is 0 Å². The van der Waals surface area contributed by atoms with Crippen molar-refractivity contribution in [1.29, 1.82) is 0 Å². The molecule has 2 aliphatic rings. The van der Waals surface area contributed by atoms with Gasteiger partial charge in [-0.2, -0.15) is 0 Å². The van der Waals surface area contributed by atoms with Crippen molar-refractivity contribution in [2.75, 3.05) is 24.6 Å². The van der Waals surface area contributed by atoms with E-state index in [1.54, 1.807) is 0 Å². The zero-order valence-corrected chi connectivity index (χ0v) is 12.7. The van der Waals surface area contributed by atoms with Crippen LogP contribution in [0.1, 0.15) is 31.7 Å². The molecule has 1 aliphatic carbocycles. The van der Waals surface area contributed by atoms with Gasteiger partial charge in [-0.1, -0.05) is 24.6 Å². The van der Waals surface area contributed by atoms with Gasteiger partial charge in [0.25, 0.3) is 0 Å². The second kappa shape index (κ2) is 6.16. The Balaban J connectivity index is 1.72. The minimum Gasteiger partial charge on any atom is -0.395 e. The van der Waals surface area contributed by atoms with Gasteiger partial charge in [-0.15, -0.1) is 0 Å². The molecule has 0 saturated heterocycles. The Labute approximate surface area is 126 Å². The summed E-state index contributed by atoms with van der Waals surface area (Å²) in [5.41, 5.74) is 2.32. The summed E-state index contributed by atoms with van der Waals surface area (Å²) in [6.45, 7) is 3.25. The number of aliphatic hydroxyl groups is 1. The molecule has 1 N–H and O–H groups in total. The highest BCUT2D eigenvalue weighted by Crippen LogP contribution is 2.32. The van der Waals surface area contributed by atoms with Crippen LogP contribution in [0, 0.1) is 0 Å². The molecule has 21 heavy (non-hydrogen) atoms. The Morgan fingerprint density at radius 1 is 1.38 bits per heavy atom. The van der Waals surface area contributed by atoms with E-state index in [2.05, 4.69) is 17.9 Å². The Bertz CT molecular complexity index is 513. The summed E-state index contributed by atoms with van der Waals surface area (Å²) in [5.74, 6) is 0.160. The van der Waals surface area contributed by atoms with Crippen LogP contribution in [0.25, 0.3) is 0 Å². The lowest BCUT2D eigenvalue weighted by Crippen LogP contribution is -2.49. The molecule has 4 heteroatoms. The summed E-state index contributed by atoms with van der Waals surface area (Å²) < 4.78 is 0. The van der Waals surface area contributed by atoms with E-state index in [0.29, 0.717) is 19.1 Å². The highest BCUT2D eigenvalue weighted by atomic mass is 16.3. The van der Waals surface area contributed by atoms with Crippen LogP contribution in [0.4, 0.5) is 5.69 Å². The summed E-state index contributed by atoms with van der Waals surface area (Å²) in [4.78, 5) is 16.8. The van der Waals surface area contributed by atoms with E-state index in [4.69, 9.17) is 0 Å². The van der Waals surface area contributed by atoms with Gasteiger partial charge >= 0.3 is 0 Å². The summed E-state index contributed by atoms with van der Waals surface area (Å²) in [6.07, 6.45) is 4.48. The van der Waals surface area contributed by atoms with Crippen molar-refractivity contribution in [2.24, 2.45) is 0 Å². The lowest BCUT2D eigenvalue weighted by atomic mass is 9.91. The van der Waals surface area contributed by atoms with Gasteiger partial charge in [0.15, 0.2) is 0 Å². The second-order valence-electron chi connectivity index (χ2n) is 6.22. The molecule has 1 unspecified atom stereocenters. The molecule has 4 nitrogen and oxygen atoms in total. The van der Waals surface area contributed by atoms with Crippen molar-refractivity contribution in [3.05, 3.63) is 29.8 Å². The largest absolute Gasteiger partial charge is 0.395 e. The Morgan fingerprint density at radius 3 is 2.81 bits per heavy atom. The van der Waals surface area contributed by atoms with Crippen LogP contribution in [0.3, 0.4) is 0 Å². The zero-order valence-electron chi connectivity index (χ0n) is 12.7. The molecule has 3 rings (SSSR count). The van der Waals surface area contributed by atoms with Gasteiger partial charge in [0.1, 0.15) is 0 Å². The van der Waals surface area contributed by atoms with E-state index in [-0.39, 0.29) is 18.6 Å². The third-order valence-electron chi connectivity index (χ3n) is 4.79. The second-order valence-corrected chi connectivity index (χ2v) is 6.22. The summed E-state index contributed by atoms with van der Waals surface area (Å²) in [6, 6.07) is 8.88. The maximum atomic E-state index is 12.8. The number of nitrogens with zero attached hydrogens (tertiary/aromatic N) is 2. The number of fused-ring (bicyclic) bond motifs is 1. The van der Waals surface area contributed by atoms with Crippen LogP contribution >= 0.6 is 0 Å². The van der Waals surface area contributed by atoms with Crippen molar-refractivity contribution >= 4 is 11.6 Å². The predicted molar refractivity (Wildman–Crippen MR) is 83.4 cm³/mol.